The number of piperidine rings is 1. The third-order valence-electron chi connectivity index (χ3n) is 6.50. The number of hydrogen-bond donors (Lipinski definition) is 1. The zero-order valence-electron chi connectivity index (χ0n) is 19.3. The molecule has 7 nitrogen and oxygen atoms in total. The Morgan fingerprint density at radius 1 is 1.18 bits per heavy atom. The topological polar surface area (TPSA) is 92.8 Å². The Morgan fingerprint density at radius 2 is 1.85 bits per heavy atom. The van der Waals surface area contributed by atoms with Crippen LogP contribution in [0.3, 0.4) is 0 Å². The van der Waals surface area contributed by atoms with Gasteiger partial charge in [-0.15, -0.1) is 11.3 Å². The van der Waals surface area contributed by atoms with Crippen LogP contribution in [0.1, 0.15) is 53.9 Å². The summed E-state index contributed by atoms with van der Waals surface area (Å²) in [5.41, 5.74) is 1.45. The highest BCUT2D eigenvalue weighted by atomic mass is 32.2. The Labute approximate surface area is 203 Å². The van der Waals surface area contributed by atoms with Gasteiger partial charge < -0.3 is 10.1 Å². The molecule has 1 aromatic heterocycles. The van der Waals surface area contributed by atoms with E-state index in [0.29, 0.717) is 29.3 Å². The Bertz CT molecular complexity index is 1170. The number of carbonyl (C=O) groups excluding carboxylic acids is 2. The van der Waals surface area contributed by atoms with Crippen LogP contribution >= 0.6 is 11.3 Å². The van der Waals surface area contributed by atoms with E-state index in [1.807, 2.05) is 0 Å². The average Bonchev–Trinajstić information content (AvgIpc) is 3.16. The lowest BCUT2D eigenvalue weighted by Gasteiger charge is -2.30. The minimum atomic E-state index is -3.74. The second kappa shape index (κ2) is 10.1. The van der Waals surface area contributed by atoms with E-state index < -0.39 is 21.8 Å². The van der Waals surface area contributed by atoms with Gasteiger partial charge in [-0.3, -0.25) is 4.79 Å². The Kier molecular flexibility index (Phi) is 7.39. The van der Waals surface area contributed by atoms with Gasteiger partial charge >= 0.3 is 5.97 Å². The van der Waals surface area contributed by atoms with Gasteiger partial charge in [0, 0.05) is 23.9 Å². The number of esters is 1. The van der Waals surface area contributed by atoms with Gasteiger partial charge in [-0.05, 0) is 74.8 Å². The summed E-state index contributed by atoms with van der Waals surface area (Å²) in [5, 5.41) is 3.48. The molecule has 1 atom stereocenters. The zero-order valence-corrected chi connectivity index (χ0v) is 20.9. The lowest BCUT2D eigenvalue weighted by Crippen LogP contribution is -2.41. The number of rotatable bonds is 6. The summed E-state index contributed by atoms with van der Waals surface area (Å²) in [5.74, 6) is -0.966. The monoisotopic (exact) mass is 508 g/mol. The predicted octanol–water partition coefficient (Wildman–Crippen LogP) is 4.23. The first kappa shape index (κ1) is 24.8. The number of thiophene rings is 1. The van der Waals surface area contributed by atoms with E-state index in [1.165, 1.54) is 27.8 Å². The maximum atomic E-state index is 13.2. The molecule has 0 bridgehead atoms. The summed E-state index contributed by atoms with van der Waals surface area (Å²) in [4.78, 5) is 26.9. The van der Waals surface area contributed by atoms with Gasteiger partial charge in [-0.25, -0.2) is 17.6 Å². The molecule has 1 aromatic carbocycles. The summed E-state index contributed by atoms with van der Waals surface area (Å²) in [7, 11) is -3.74. The number of nitrogens with zero attached hydrogens (tertiary/aromatic N) is 1. The summed E-state index contributed by atoms with van der Waals surface area (Å²) < 4.78 is 45.4. The van der Waals surface area contributed by atoms with Crippen LogP contribution in [0.4, 0.5) is 9.39 Å². The molecule has 0 saturated carbocycles. The maximum absolute atomic E-state index is 13.2. The molecule has 1 saturated heterocycles. The predicted molar refractivity (Wildman–Crippen MR) is 128 cm³/mol. The van der Waals surface area contributed by atoms with Crippen molar-refractivity contribution in [3.8, 4) is 0 Å². The lowest BCUT2D eigenvalue weighted by molar-refractivity contribution is -0.120. The third kappa shape index (κ3) is 5.04. The largest absolute Gasteiger partial charge is 0.462 e. The van der Waals surface area contributed by atoms with Gasteiger partial charge in [0.25, 0.3) is 0 Å². The van der Waals surface area contributed by atoms with Gasteiger partial charge in [0.2, 0.25) is 15.9 Å². The van der Waals surface area contributed by atoms with Gasteiger partial charge in [0.15, 0.2) is 0 Å². The number of benzene rings is 1. The lowest BCUT2D eigenvalue weighted by atomic mass is 9.88. The van der Waals surface area contributed by atoms with E-state index in [2.05, 4.69) is 12.2 Å². The molecule has 0 radical (unpaired) electrons. The molecule has 1 N–H and O–H groups in total. The highest BCUT2D eigenvalue weighted by Crippen LogP contribution is 2.40. The Balaban J connectivity index is 1.45. The molecule has 0 spiro atoms. The minimum Gasteiger partial charge on any atom is -0.462 e. The first-order valence-corrected chi connectivity index (χ1v) is 13.8. The van der Waals surface area contributed by atoms with Crippen LogP contribution in [0.15, 0.2) is 29.2 Å². The van der Waals surface area contributed by atoms with Crippen molar-refractivity contribution in [1.82, 2.24) is 4.31 Å². The van der Waals surface area contributed by atoms with E-state index >= 15 is 0 Å². The molecular formula is C24H29FN2O5S2. The molecule has 1 amide bonds. The molecule has 4 rings (SSSR count). The zero-order chi connectivity index (χ0) is 24.5. The number of fused-ring (bicyclic) bond motifs is 1. The highest BCUT2D eigenvalue weighted by molar-refractivity contribution is 7.89. The van der Waals surface area contributed by atoms with Crippen molar-refractivity contribution in [2.75, 3.05) is 25.0 Å². The normalized spacial score (nSPS) is 19.4. The van der Waals surface area contributed by atoms with Crippen LogP contribution in [-0.4, -0.2) is 44.3 Å². The van der Waals surface area contributed by atoms with Crippen LogP contribution < -0.4 is 5.32 Å². The first-order chi connectivity index (χ1) is 16.2. The molecule has 1 aliphatic heterocycles. The molecule has 1 fully saturated rings. The van der Waals surface area contributed by atoms with Gasteiger partial charge in [-0.1, -0.05) is 6.92 Å². The van der Waals surface area contributed by atoms with Crippen molar-refractivity contribution in [3.63, 3.8) is 0 Å². The van der Waals surface area contributed by atoms with E-state index in [1.54, 1.807) is 6.92 Å². The number of anilines is 1. The first-order valence-electron chi connectivity index (χ1n) is 11.6. The number of halogens is 1. The van der Waals surface area contributed by atoms with Crippen LogP contribution in [0.5, 0.6) is 0 Å². The Hall–Kier alpha value is -2.30. The van der Waals surface area contributed by atoms with E-state index in [0.717, 1.165) is 41.8 Å². The number of ether oxygens (including phenoxy) is 1. The fourth-order valence-electron chi connectivity index (χ4n) is 4.59. The average molecular weight is 509 g/mol. The number of carbonyl (C=O) groups is 2. The number of nitrogens with one attached hydrogen (secondary N) is 1. The highest BCUT2D eigenvalue weighted by Gasteiger charge is 2.34. The molecule has 2 aliphatic rings. The van der Waals surface area contributed by atoms with Gasteiger partial charge in [0.1, 0.15) is 10.8 Å². The van der Waals surface area contributed by atoms with E-state index in [9.17, 15) is 22.4 Å². The fourth-order valence-corrected chi connectivity index (χ4v) is 7.46. The van der Waals surface area contributed by atoms with Crippen molar-refractivity contribution < 1.29 is 27.1 Å². The molecule has 10 heteroatoms. The second-order valence-electron chi connectivity index (χ2n) is 8.90. The number of amides is 1. The third-order valence-corrected chi connectivity index (χ3v) is 9.59. The summed E-state index contributed by atoms with van der Waals surface area (Å²) in [6, 6.07) is 4.74. The molecule has 34 heavy (non-hydrogen) atoms. The number of hydrogen-bond acceptors (Lipinski definition) is 6. The second-order valence-corrected chi connectivity index (χ2v) is 11.9. The number of sulfonamides is 1. The van der Waals surface area contributed by atoms with Gasteiger partial charge in [-0.2, -0.15) is 4.31 Å². The van der Waals surface area contributed by atoms with Crippen molar-refractivity contribution in [3.05, 3.63) is 46.1 Å². The van der Waals surface area contributed by atoms with Crippen LogP contribution in [0.2, 0.25) is 0 Å². The van der Waals surface area contributed by atoms with Crippen molar-refractivity contribution >= 4 is 38.2 Å². The quantitative estimate of drug-likeness (QED) is 0.590. The van der Waals surface area contributed by atoms with Crippen LogP contribution in [0, 0.1) is 17.7 Å². The van der Waals surface area contributed by atoms with E-state index in [4.69, 9.17) is 4.74 Å². The van der Waals surface area contributed by atoms with Gasteiger partial charge in [0.05, 0.1) is 17.1 Å². The SMILES string of the molecule is CCOC(=O)c1c(NC(=O)C2CCN(S(=O)(=O)c3ccc(F)cc3)CC2)sc2c1CCC(C)C2. The van der Waals surface area contributed by atoms with Crippen molar-refractivity contribution in [1.29, 1.82) is 0 Å². The van der Waals surface area contributed by atoms with Crippen molar-refractivity contribution in [2.24, 2.45) is 11.8 Å². The van der Waals surface area contributed by atoms with E-state index in [-0.39, 0.29) is 36.4 Å². The smallest absolute Gasteiger partial charge is 0.341 e. The molecule has 1 aliphatic carbocycles. The summed E-state index contributed by atoms with van der Waals surface area (Å²) in [6.45, 7) is 4.58. The summed E-state index contributed by atoms with van der Waals surface area (Å²) >= 11 is 1.45. The van der Waals surface area contributed by atoms with Crippen molar-refractivity contribution in [2.45, 2.75) is 50.8 Å². The minimum absolute atomic E-state index is 0.0364. The molecular weight excluding hydrogens is 479 g/mol. The van der Waals surface area contributed by atoms with Crippen LogP contribution in [-0.2, 0) is 32.4 Å². The molecule has 2 aromatic rings. The molecule has 184 valence electrons. The molecule has 2 heterocycles. The maximum Gasteiger partial charge on any atom is 0.341 e. The molecule has 1 unspecified atom stereocenters. The standard InChI is InChI=1S/C24H29FN2O5S2/c1-3-32-24(29)21-19-9-4-15(2)14-20(19)33-23(21)26-22(28)16-10-12-27(13-11-16)34(30,31)18-7-5-17(25)6-8-18/h5-8,15-16H,3-4,9-14H2,1-2H3,(H,26,28). The Morgan fingerprint density at radius 3 is 2.50 bits per heavy atom. The summed E-state index contributed by atoms with van der Waals surface area (Å²) in [6.07, 6.45) is 3.38. The van der Waals surface area contributed by atoms with Crippen LogP contribution in [0.25, 0.3) is 0 Å². The fraction of sp³-hybridized carbons (Fsp3) is 0.500.